The number of methoxy groups -OCH3 is 4. The van der Waals surface area contributed by atoms with Crippen molar-refractivity contribution in [3.05, 3.63) is 47.7 Å². The molecule has 0 aliphatic heterocycles. The Labute approximate surface area is 178 Å². The highest BCUT2D eigenvalue weighted by Gasteiger charge is 2.13. The van der Waals surface area contributed by atoms with Gasteiger partial charge in [0.2, 0.25) is 5.75 Å². The third-order valence-corrected chi connectivity index (χ3v) is 4.38. The summed E-state index contributed by atoms with van der Waals surface area (Å²) in [5.74, 6) is 0.995. The number of nitrogens with zero attached hydrogens (tertiary/aromatic N) is 2. The summed E-state index contributed by atoms with van der Waals surface area (Å²) in [5.41, 5.74) is 4.50. The highest BCUT2D eigenvalue weighted by Crippen LogP contribution is 2.36. The van der Waals surface area contributed by atoms with Gasteiger partial charge in [-0.1, -0.05) is 0 Å². The molecule has 0 atom stereocenters. The first-order valence-electron chi connectivity index (χ1n) is 9.06. The fourth-order valence-electron chi connectivity index (χ4n) is 2.80. The van der Waals surface area contributed by atoms with Gasteiger partial charge in [0.05, 0.1) is 40.3 Å². The maximum atomic E-state index is 12.4. The number of aromatic nitrogens is 2. The van der Waals surface area contributed by atoms with E-state index in [4.69, 9.17) is 18.9 Å². The molecule has 0 aliphatic carbocycles. The maximum absolute atomic E-state index is 12.4. The van der Waals surface area contributed by atoms with Crippen LogP contribution in [0.15, 0.2) is 41.5 Å². The predicted octanol–water partition coefficient (Wildman–Crippen LogP) is 2.58. The molecule has 1 amide bonds. The molecule has 0 unspecified atom stereocenters. The van der Waals surface area contributed by atoms with Crippen molar-refractivity contribution in [2.24, 2.45) is 5.10 Å². The Hall–Kier alpha value is -4.21. The molecule has 162 valence electrons. The van der Waals surface area contributed by atoms with Gasteiger partial charge >= 0.3 is 0 Å². The number of aromatic amines is 1. The standard InChI is InChI=1S/C21H22N4O6/c1-28-16-6-5-13(9-17(16)29-2)14-10-15(24-23-14)21(27)25-22-11-12-7-18(30-3)20(26)19(8-12)31-4/h5-11,26H,1-4H3,(H,23,24)(H,25,27)/b22-11+. The lowest BCUT2D eigenvalue weighted by Crippen LogP contribution is -2.18. The topological polar surface area (TPSA) is 127 Å². The number of hydrazone groups is 1. The molecule has 0 saturated carbocycles. The molecular formula is C21H22N4O6. The van der Waals surface area contributed by atoms with Crippen LogP contribution in [-0.2, 0) is 0 Å². The summed E-state index contributed by atoms with van der Waals surface area (Å²) >= 11 is 0. The Kier molecular flexibility index (Phi) is 6.61. The molecule has 0 radical (unpaired) electrons. The van der Waals surface area contributed by atoms with Crippen LogP contribution in [0.4, 0.5) is 0 Å². The van der Waals surface area contributed by atoms with Crippen LogP contribution < -0.4 is 24.4 Å². The number of H-pyrrole nitrogens is 1. The lowest BCUT2D eigenvalue weighted by Gasteiger charge is -2.09. The van der Waals surface area contributed by atoms with Gasteiger partial charge in [-0.2, -0.15) is 10.2 Å². The van der Waals surface area contributed by atoms with Crippen LogP contribution in [0.1, 0.15) is 16.1 Å². The molecule has 1 heterocycles. The maximum Gasteiger partial charge on any atom is 0.289 e. The highest BCUT2D eigenvalue weighted by molar-refractivity contribution is 5.94. The molecule has 0 saturated heterocycles. The van der Waals surface area contributed by atoms with E-state index in [1.165, 1.54) is 20.4 Å². The minimum Gasteiger partial charge on any atom is -0.502 e. The Bertz CT molecular complexity index is 1080. The van der Waals surface area contributed by atoms with Crippen molar-refractivity contribution in [1.29, 1.82) is 0 Å². The van der Waals surface area contributed by atoms with Crippen LogP contribution in [-0.4, -0.2) is 55.9 Å². The van der Waals surface area contributed by atoms with Gasteiger partial charge in [-0.15, -0.1) is 0 Å². The summed E-state index contributed by atoms with van der Waals surface area (Å²) in [4.78, 5) is 12.4. The first-order chi connectivity index (χ1) is 15.0. The summed E-state index contributed by atoms with van der Waals surface area (Å²) in [6.45, 7) is 0. The molecule has 0 fully saturated rings. The fraction of sp³-hybridized carbons (Fsp3) is 0.190. The van der Waals surface area contributed by atoms with E-state index in [2.05, 4.69) is 20.7 Å². The number of ether oxygens (including phenoxy) is 4. The third-order valence-electron chi connectivity index (χ3n) is 4.38. The third kappa shape index (κ3) is 4.69. The van der Waals surface area contributed by atoms with E-state index < -0.39 is 5.91 Å². The molecular weight excluding hydrogens is 404 g/mol. The number of benzene rings is 2. The van der Waals surface area contributed by atoms with Gasteiger partial charge < -0.3 is 24.1 Å². The average molecular weight is 426 g/mol. The Morgan fingerprint density at radius 2 is 1.61 bits per heavy atom. The Balaban J connectivity index is 1.72. The zero-order valence-electron chi connectivity index (χ0n) is 17.4. The number of carbonyl (C=O) groups is 1. The van der Waals surface area contributed by atoms with Gasteiger partial charge in [0.15, 0.2) is 23.0 Å². The van der Waals surface area contributed by atoms with Crippen molar-refractivity contribution < 1.29 is 28.8 Å². The highest BCUT2D eigenvalue weighted by atomic mass is 16.5. The Morgan fingerprint density at radius 1 is 0.968 bits per heavy atom. The first-order valence-corrected chi connectivity index (χ1v) is 9.06. The first kappa shape index (κ1) is 21.5. The largest absolute Gasteiger partial charge is 0.502 e. The van der Waals surface area contributed by atoms with E-state index in [0.29, 0.717) is 22.8 Å². The molecule has 2 aromatic carbocycles. The zero-order valence-corrected chi connectivity index (χ0v) is 17.4. The monoisotopic (exact) mass is 426 g/mol. The normalized spacial score (nSPS) is 10.7. The summed E-state index contributed by atoms with van der Waals surface area (Å²) in [6.07, 6.45) is 1.40. The minimum absolute atomic E-state index is 0.119. The van der Waals surface area contributed by atoms with E-state index in [9.17, 15) is 9.90 Å². The quantitative estimate of drug-likeness (QED) is 0.373. The number of aromatic hydroxyl groups is 1. The second-order valence-electron chi connectivity index (χ2n) is 6.21. The predicted molar refractivity (Wildman–Crippen MR) is 113 cm³/mol. The number of carbonyl (C=O) groups excluding carboxylic acids is 1. The van der Waals surface area contributed by atoms with Gasteiger partial charge in [-0.25, -0.2) is 5.43 Å². The van der Waals surface area contributed by atoms with Crippen molar-refractivity contribution in [2.75, 3.05) is 28.4 Å². The number of phenols is 1. The molecule has 31 heavy (non-hydrogen) atoms. The molecule has 3 rings (SSSR count). The summed E-state index contributed by atoms with van der Waals surface area (Å²) in [6, 6.07) is 10.0. The number of nitrogens with one attached hydrogen (secondary N) is 2. The van der Waals surface area contributed by atoms with E-state index in [-0.39, 0.29) is 22.9 Å². The van der Waals surface area contributed by atoms with Crippen molar-refractivity contribution in [3.8, 4) is 40.0 Å². The molecule has 0 aliphatic rings. The number of hydrogen-bond acceptors (Lipinski definition) is 8. The van der Waals surface area contributed by atoms with E-state index in [1.807, 2.05) is 6.07 Å². The molecule has 1 aromatic heterocycles. The van der Waals surface area contributed by atoms with Crippen molar-refractivity contribution in [2.45, 2.75) is 0 Å². The van der Waals surface area contributed by atoms with Crippen molar-refractivity contribution in [1.82, 2.24) is 15.6 Å². The number of phenolic OH excluding ortho intramolecular Hbond substituents is 1. The SMILES string of the molecule is COc1ccc(-c2cc(C(=O)N/N=C/c3cc(OC)c(O)c(OC)c3)[nH]n2)cc1OC. The van der Waals surface area contributed by atoms with Crippen molar-refractivity contribution in [3.63, 3.8) is 0 Å². The van der Waals surface area contributed by atoms with Crippen LogP contribution in [0.25, 0.3) is 11.3 Å². The fourth-order valence-corrected chi connectivity index (χ4v) is 2.80. The number of hydrogen-bond donors (Lipinski definition) is 3. The smallest absolute Gasteiger partial charge is 0.289 e. The van der Waals surface area contributed by atoms with Crippen molar-refractivity contribution >= 4 is 12.1 Å². The summed E-state index contributed by atoms with van der Waals surface area (Å²) in [5, 5.41) is 20.7. The van der Waals surface area contributed by atoms with Gasteiger partial charge in [-0.3, -0.25) is 9.89 Å². The van der Waals surface area contributed by atoms with E-state index >= 15 is 0 Å². The molecule has 3 aromatic rings. The average Bonchev–Trinajstić information content (AvgIpc) is 3.29. The van der Waals surface area contributed by atoms with Gasteiger partial charge in [0, 0.05) is 11.1 Å². The molecule has 3 N–H and O–H groups in total. The second-order valence-corrected chi connectivity index (χ2v) is 6.21. The van der Waals surface area contributed by atoms with Gasteiger partial charge in [-0.05, 0) is 36.4 Å². The van der Waals surface area contributed by atoms with Crippen LogP contribution in [0, 0.1) is 0 Å². The van der Waals surface area contributed by atoms with Crippen LogP contribution >= 0.6 is 0 Å². The lowest BCUT2D eigenvalue weighted by atomic mass is 10.1. The summed E-state index contributed by atoms with van der Waals surface area (Å²) < 4.78 is 20.7. The molecule has 10 heteroatoms. The molecule has 0 bridgehead atoms. The number of amides is 1. The minimum atomic E-state index is -0.479. The number of rotatable bonds is 8. The molecule has 0 spiro atoms. The second kappa shape index (κ2) is 9.53. The van der Waals surface area contributed by atoms with E-state index in [1.54, 1.807) is 44.6 Å². The zero-order chi connectivity index (χ0) is 22.4. The molecule has 10 nitrogen and oxygen atoms in total. The lowest BCUT2D eigenvalue weighted by molar-refractivity contribution is 0.0950. The van der Waals surface area contributed by atoms with Gasteiger partial charge in [0.25, 0.3) is 5.91 Å². The van der Waals surface area contributed by atoms with Crippen LogP contribution in [0.2, 0.25) is 0 Å². The van der Waals surface area contributed by atoms with Crippen LogP contribution in [0.5, 0.6) is 28.7 Å². The summed E-state index contributed by atoms with van der Waals surface area (Å²) in [7, 11) is 5.94. The van der Waals surface area contributed by atoms with Crippen LogP contribution in [0.3, 0.4) is 0 Å². The Morgan fingerprint density at radius 3 is 2.23 bits per heavy atom. The van der Waals surface area contributed by atoms with Gasteiger partial charge in [0.1, 0.15) is 5.69 Å². The van der Waals surface area contributed by atoms with E-state index in [0.717, 1.165) is 5.56 Å².